The van der Waals surface area contributed by atoms with Gasteiger partial charge in [-0.1, -0.05) is 87.4 Å². The number of hydrogen-bond donors (Lipinski definition) is 1. The molecule has 0 spiro atoms. The van der Waals surface area contributed by atoms with Crippen molar-refractivity contribution in [1.29, 1.82) is 0 Å². The number of rotatable bonds is 10. The van der Waals surface area contributed by atoms with E-state index in [1.54, 1.807) is 0 Å². The molecular weight excluding hydrogens is 282 g/mol. The Morgan fingerprint density at radius 1 is 0.870 bits per heavy atom. The fraction of sp³-hybridized carbons (Fsp3) is 0.429. The van der Waals surface area contributed by atoms with Crippen molar-refractivity contribution in [2.75, 3.05) is 13.2 Å². The summed E-state index contributed by atoms with van der Waals surface area (Å²) in [4.78, 5) is 0. The Hall–Kier alpha value is -1.64. The Bertz CT molecular complexity index is 487. The van der Waals surface area contributed by atoms with Crippen molar-refractivity contribution in [3.63, 3.8) is 0 Å². The van der Waals surface area contributed by atoms with Gasteiger partial charge >= 0.3 is 0 Å². The normalized spacial score (nSPS) is 12.5. The van der Waals surface area contributed by atoms with Gasteiger partial charge in [-0.15, -0.1) is 0 Å². The third-order valence-electron chi connectivity index (χ3n) is 4.07. The summed E-state index contributed by atoms with van der Waals surface area (Å²) in [5.41, 5.74) is 2.42. The van der Waals surface area contributed by atoms with Gasteiger partial charge in [0.15, 0.2) is 0 Å². The Morgan fingerprint density at radius 2 is 1.43 bits per heavy atom. The van der Waals surface area contributed by atoms with Gasteiger partial charge in [-0.2, -0.15) is 0 Å². The highest BCUT2D eigenvalue weighted by molar-refractivity contribution is 5.29. The van der Waals surface area contributed by atoms with Gasteiger partial charge in [-0.25, -0.2) is 0 Å². The molecule has 0 aliphatic heterocycles. The number of likely N-dealkylation sites (N-methyl/N-ethyl adjacent to an activating group) is 1. The molecule has 23 heavy (non-hydrogen) atoms. The molecule has 0 radical (unpaired) electrons. The maximum absolute atomic E-state index is 6.36. The van der Waals surface area contributed by atoms with E-state index in [0.29, 0.717) is 6.04 Å². The molecule has 1 N–H and O–H groups in total. The molecule has 0 aliphatic carbocycles. The molecule has 0 fully saturated rings. The van der Waals surface area contributed by atoms with Crippen molar-refractivity contribution < 1.29 is 4.74 Å². The SMILES string of the molecule is CCCCC(COC(c1ccccc1)c1ccccc1)NCC. The van der Waals surface area contributed by atoms with Gasteiger partial charge in [0.2, 0.25) is 0 Å². The minimum Gasteiger partial charge on any atom is -0.367 e. The highest BCUT2D eigenvalue weighted by Crippen LogP contribution is 2.26. The van der Waals surface area contributed by atoms with Crippen LogP contribution in [-0.4, -0.2) is 19.2 Å². The monoisotopic (exact) mass is 311 g/mol. The van der Waals surface area contributed by atoms with E-state index in [2.05, 4.69) is 67.7 Å². The molecule has 0 amide bonds. The molecular formula is C21H29NO. The van der Waals surface area contributed by atoms with Crippen LogP contribution in [0, 0.1) is 0 Å². The Labute approximate surface area is 140 Å². The number of unbranched alkanes of at least 4 members (excludes halogenated alkanes) is 1. The average Bonchev–Trinajstić information content (AvgIpc) is 2.61. The predicted molar refractivity (Wildman–Crippen MR) is 97.7 cm³/mol. The zero-order chi connectivity index (χ0) is 16.3. The second-order valence-corrected chi connectivity index (χ2v) is 5.93. The third kappa shape index (κ3) is 5.81. The first-order valence-electron chi connectivity index (χ1n) is 8.80. The largest absolute Gasteiger partial charge is 0.367 e. The third-order valence-corrected chi connectivity index (χ3v) is 4.07. The predicted octanol–water partition coefficient (Wildman–Crippen LogP) is 4.96. The van der Waals surface area contributed by atoms with Crippen LogP contribution < -0.4 is 5.32 Å². The van der Waals surface area contributed by atoms with Crippen LogP contribution in [-0.2, 0) is 4.74 Å². The van der Waals surface area contributed by atoms with E-state index in [-0.39, 0.29) is 6.10 Å². The molecule has 1 unspecified atom stereocenters. The first-order chi connectivity index (χ1) is 11.3. The lowest BCUT2D eigenvalue weighted by atomic mass is 10.0. The van der Waals surface area contributed by atoms with Gasteiger partial charge in [-0.05, 0) is 24.1 Å². The molecule has 0 aromatic heterocycles. The lowest BCUT2D eigenvalue weighted by molar-refractivity contribution is 0.0603. The van der Waals surface area contributed by atoms with Crippen LogP contribution in [0.1, 0.15) is 50.3 Å². The van der Waals surface area contributed by atoms with E-state index in [4.69, 9.17) is 4.74 Å². The molecule has 2 heteroatoms. The van der Waals surface area contributed by atoms with Crippen molar-refractivity contribution >= 4 is 0 Å². The van der Waals surface area contributed by atoms with Crippen LogP contribution >= 0.6 is 0 Å². The number of benzene rings is 2. The standard InChI is InChI=1S/C21H29NO/c1-3-5-16-20(22-4-2)17-23-21(18-12-8-6-9-13-18)19-14-10-7-11-15-19/h6-15,20-22H,3-5,16-17H2,1-2H3. The van der Waals surface area contributed by atoms with Gasteiger partial charge < -0.3 is 10.1 Å². The van der Waals surface area contributed by atoms with E-state index in [1.807, 2.05) is 12.1 Å². The summed E-state index contributed by atoms with van der Waals surface area (Å²) in [5.74, 6) is 0. The van der Waals surface area contributed by atoms with Crippen molar-refractivity contribution in [2.45, 2.75) is 45.3 Å². The van der Waals surface area contributed by atoms with Crippen LogP contribution in [0.15, 0.2) is 60.7 Å². The molecule has 2 aromatic carbocycles. The van der Waals surface area contributed by atoms with Crippen LogP contribution in [0.4, 0.5) is 0 Å². The molecule has 0 saturated carbocycles. The maximum Gasteiger partial charge on any atom is 0.108 e. The van der Waals surface area contributed by atoms with Gasteiger partial charge in [0.05, 0.1) is 6.61 Å². The molecule has 2 rings (SSSR count). The molecule has 0 bridgehead atoms. The first-order valence-corrected chi connectivity index (χ1v) is 8.80. The Balaban J connectivity index is 2.08. The molecule has 0 saturated heterocycles. The fourth-order valence-corrected chi connectivity index (χ4v) is 2.84. The summed E-state index contributed by atoms with van der Waals surface area (Å²) in [7, 11) is 0. The molecule has 1 atom stereocenters. The lowest BCUT2D eigenvalue weighted by Gasteiger charge is -2.24. The zero-order valence-corrected chi connectivity index (χ0v) is 14.4. The maximum atomic E-state index is 6.36. The van der Waals surface area contributed by atoms with E-state index >= 15 is 0 Å². The zero-order valence-electron chi connectivity index (χ0n) is 14.4. The molecule has 124 valence electrons. The summed E-state index contributed by atoms with van der Waals surface area (Å²) in [6.07, 6.45) is 3.63. The summed E-state index contributed by atoms with van der Waals surface area (Å²) < 4.78 is 6.36. The summed E-state index contributed by atoms with van der Waals surface area (Å²) in [5, 5.41) is 3.55. The van der Waals surface area contributed by atoms with Crippen molar-refractivity contribution in [1.82, 2.24) is 5.32 Å². The highest BCUT2D eigenvalue weighted by atomic mass is 16.5. The van der Waals surface area contributed by atoms with Gasteiger partial charge in [-0.3, -0.25) is 0 Å². The number of hydrogen-bond acceptors (Lipinski definition) is 2. The Morgan fingerprint density at radius 3 is 1.91 bits per heavy atom. The van der Waals surface area contributed by atoms with Gasteiger partial charge in [0.25, 0.3) is 0 Å². The summed E-state index contributed by atoms with van der Waals surface area (Å²) >= 11 is 0. The van der Waals surface area contributed by atoms with Crippen molar-refractivity contribution in [3.8, 4) is 0 Å². The minimum atomic E-state index is 0.000169. The molecule has 0 aliphatic rings. The van der Waals surface area contributed by atoms with Gasteiger partial charge in [0.1, 0.15) is 6.10 Å². The van der Waals surface area contributed by atoms with Crippen LogP contribution in [0.3, 0.4) is 0 Å². The lowest BCUT2D eigenvalue weighted by Crippen LogP contribution is -2.34. The second-order valence-electron chi connectivity index (χ2n) is 5.93. The molecule has 2 aromatic rings. The fourth-order valence-electron chi connectivity index (χ4n) is 2.84. The van der Waals surface area contributed by atoms with Crippen LogP contribution in [0.2, 0.25) is 0 Å². The topological polar surface area (TPSA) is 21.3 Å². The number of ether oxygens (including phenoxy) is 1. The highest BCUT2D eigenvalue weighted by Gasteiger charge is 2.16. The smallest absolute Gasteiger partial charge is 0.108 e. The Kier molecular flexibility index (Phi) is 7.85. The quantitative estimate of drug-likeness (QED) is 0.669. The van der Waals surface area contributed by atoms with Crippen molar-refractivity contribution in [3.05, 3.63) is 71.8 Å². The van der Waals surface area contributed by atoms with Crippen LogP contribution in [0.5, 0.6) is 0 Å². The minimum absolute atomic E-state index is 0.000169. The van der Waals surface area contributed by atoms with E-state index in [1.165, 1.54) is 30.4 Å². The number of nitrogens with one attached hydrogen (secondary N) is 1. The van der Waals surface area contributed by atoms with Crippen LogP contribution in [0.25, 0.3) is 0 Å². The van der Waals surface area contributed by atoms with E-state index < -0.39 is 0 Å². The van der Waals surface area contributed by atoms with Gasteiger partial charge in [0, 0.05) is 6.04 Å². The van der Waals surface area contributed by atoms with E-state index in [9.17, 15) is 0 Å². The van der Waals surface area contributed by atoms with E-state index in [0.717, 1.165) is 13.2 Å². The first kappa shape index (κ1) is 17.7. The van der Waals surface area contributed by atoms with Crippen molar-refractivity contribution in [2.24, 2.45) is 0 Å². The summed E-state index contributed by atoms with van der Waals surface area (Å²) in [6.45, 7) is 6.12. The second kappa shape index (κ2) is 10.2. The molecule has 2 nitrogen and oxygen atoms in total. The summed E-state index contributed by atoms with van der Waals surface area (Å²) in [6, 6.07) is 21.4. The molecule has 0 heterocycles. The average molecular weight is 311 g/mol.